The van der Waals surface area contributed by atoms with Crippen molar-refractivity contribution in [2.24, 2.45) is 7.05 Å². The summed E-state index contributed by atoms with van der Waals surface area (Å²) in [5.41, 5.74) is 1.78. The molecule has 3 rings (SSSR count). The van der Waals surface area contributed by atoms with E-state index in [-0.39, 0.29) is 5.91 Å². The summed E-state index contributed by atoms with van der Waals surface area (Å²) in [6.07, 6.45) is 5.42. The lowest BCUT2D eigenvalue weighted by Crippen LogP contribution is -2.31. The van der Waals surface area contributed by atoms with Gasteiger partial charge in [-0.25, -0.2) is 0 Å². The van der Waals surface area contributed by atoms with Crippen LogP contribution in [0.2, 0.25) is 0 Å². The molecule has 0 saturated carbocycles. The second kappa shape index (κ2) is 6.79. The van der Waals surface area contributed by atoms with Gasteiger partial charge >= 0.3 is 0 Å². The van der Waals surface area contributed by atoms with Crippen molar-refractivity contribution in [3.8, 4) is 0 Å². The van der Waals surface area contributed by atoms with Crippen molar-refractivity contribution >= 4 is 17.2 Å². The number of aromatic nitrogens is 2. The standard InChI is InChI=1S/C18H19N3OS/c1-14-5-6-16(23-14)13-21(12-15-7-9-19-10-8-15)18(22)17-4-3-11-20(17)2/h3-11H,12-13H2,1-2H3. The molecule has 3 aromatic rings. The Kier molecular flexibility index (Phi) is 4.57. The van der Waals surface area contributed by atoms with E-state index in [0.29, 0.717) is 18.8 Å². The first-order chi connectivity index (χ1) is 11.1. The largest absolute Gasteiger partial charge is 0.347 e. The quantitative estimate of drug-likeness (QED) is 0.718. The Labute approximate surface area is 140 Å². The van der Waals surface area contributed by atoms with Gasteiger partial charge in [-0.3, -0.25) is 9.78 Å². The van der Waals surface area contributed by atoms with E-state index in [2.05, 4.69) is 24.0 Å². The van der Waals surface area contributed by atoms with Crippen LogP contribution in [0.25, 0.3) is 0 Å². The summed E-state index contributed by atoms with van der Waals surface area (Å²) in [7, 11) is 1.90. The molecule has 5 heteroatoms. The third-order valence-electron chi connectivity index (χ3n) is 3.72. The first-order valence-corrected chi connectivity index (χ1v) is 8.30. The van der Waals surface area contributed by atoms with Crippen LogP contribution in [0.5, 0.6) is 0 Å². The zero-order chi connectivity index (χ0) is 16.2. The first-order valence-electron chi connectivity index (χ1n) is 7.48. The topological polar surface area (TPSA) is 38.1 Å². The molecule has 0 aliphatic carbocycles. The van der Waals surface area contributed by atoms with Crippen LogP contribution >= 0.6 is 11.3 Å². The molecule has 0 radical (unpaired) electrons. The molecule has 4 nitrogen and oxygen atoms in total. The average Bonchev–Trinajstić information content (AvgIpc) is 3.15. The Hall–Kier alpha value is -2.40. The summed E-state index contributed by atoms with van der Waals surface area (Å²) in [5.74, 6) is 0.0420. The molecule has 0 unspecified atom stereocenters. The van der Waals surface area contributed by atoms with Gasteiger partial charge < -0.3 is 9.47 Å². The van der Waals surface area contributed by atoms with E-state index in [0.717, 1.165) is 5.56 Å². The Balaban J connectivity index is 1.86. The minimum absolute atomic E-state index is 0.0420. The maximum absolute atomic E-state index is 12.9. The van der Waals surface area contributed by atoms with E-state index >= 15 is 0 Å². The van der Waals surface area contributed by atoms with Gasteiger partial charge in [0, 0.05) is 41.9 Å². The van der Waals surface area contributed by atoms with Gasteiger partial charge in [0.2, 0.25) is 0 Å². The predicted molar refractivity (Wildman–Crippen MR) is 92.3 cm³/mol. The lowest BCUT2D eigenvalue weighted by molar-refractivity contribution is 0.0722. The summed E-state index contributed by atoms with van der Waals surface area (Å²) in [6, 6.07) is 11.8. The van der Waals surface area contributed by atoms with Gasteiger partial charge in [0.05, 0.1) is 6.54 Å². The Morgan fingerprint density at radius 2 is 1.96 bits per heavy atom. The van der Waals surface area contributed by atoms with Crippen molar-refractivity contribution in [1.29, 1.82) is 0 Å². The molecule has 1 amide bonds. The Morgan fingerprint density at radius 3 is 2.57 bits per heavy atom. The van der Waals surface area contributed by atoms with E-state index in [1.165, 1.54) is 9.75 Å². The lowest BCUT2D eigenvalue weighted by atomic mass is 10.2. The number of hydrogen-bond acceptors (Lipinski definition) is 3. The van der Waals surface area contributed by atoms with Gasteiger partial charge in [-0.05, 0) is 48.9 Å². The molecule has 0 saturated heterocycles. The van der Waals surface area contributed by atoms with Gasteiger partial charge in [-0.15, -0.1) is 11.3 Å². The van der Waals surface area contributed by atoms with Crippen molar-refractivity contribution in [1.82, 2.24) is 14.5 Å². The summed E-state index contributed by atoms with van der Waals surface area (Å²) in [4.78, 5) is 21.3. The monoisotopic (exact) mass is 325 g/mol. The highest BCUT2D eigenvalue weighted by Gasteiger charge is 2.19. The van der Waals surface area contributed by atoms with Crippen molar-refractivity contribution < 1.29 is 4.79 Å². The summed E-state index contributed by atoms with van der Waals surface area (Å²) < 4.78 is 1.86. The van der Waals surface area contributed by atoms with Crippen LogP contribution in [0, 0.1) is 6.92 Å². The third kappa shape index (κ3) is 3.68. The van der Waals surface area contributed by atoms with E-state index < -0.39 is 0 Å². The second-order valence-corrected chi connectivity index (χ2v) is 6.91. The summed E-state index contributed by atoms with van der Waals surface area (Å²) >= 11 is 1.73. The fraction of sp³-hybridized carbons (Fsp3) is 0.222. The highest BCUT2D eigenvalue weighted by molar-refractivity contribution is 7.11. The Morgan fingerprint density at radius 1 is 1.17 bits per heavy atom. The van der Waals surface area contributed by atoms with Gasteiger partial charge in [-0.1, -0.05) is 0 Å². The molecule has 0 N–H and O–H groups in total. The summed E-state index contributed by atoms with van der Waals surface area (Å²) in [6.45, 7) is 3.27. The van der Waals surface area contributed by atoms with E-state index in [1.807, 2.05) is 47.0 Å². The van der Waals surface area contributed by atoms with Crippen molar-refractivity contribution in [3.05, 3.63) is 76.0 Å². The highest BCUT2D eigenvalue weighted by Crippen LogP contribution is 2.20. The number of pyridine rings is 1. The van der Waals surface area contributed by atoms with Crippen LogP contribution in [-0.4, -0.2) is 20.4 Å². The Bertz CT molecular complexity index is 791. The minimum Gasteiger partial charge on any atom is -0.347 e. The third-order valence-corrected chi connectivity index (χ3v) is 4.70. The number of amides is 1. The number of carbonyl (C=O) groups excluding carboxylic acids is 1. The van der Waals surface area contributed by atoms with Crippen LogP contribution in [-0.2, 0) is 20.1 Å². The van der Waals surface area contributed by atoms with E-state index in [9.17, 15) is 4.79 Å². The molecule has 118 valence electrons. The molecule has 0 aliphatic heterocycles. The molecular weight excluding hydrogens is 306 g/mol. The zero-order valence-electron chi connectivity index (χ0n) is 13.3. The zero-order valence-corrected chi connectivity index (χ0v) is 14.1. The number of rotatable bonds is 5. The van der Waals surface area contributed by atoms with Gasteiger partial charge in [-0.2, -0.15) is 0 Å². The van der Waals surface area contributed by atoms with Crippen LogP contribution in [0.15, 0.2) is 55.0 Å². The number of carbonyl (C=O) groups is 1. The average molecular weight is 325 g/mol. The second-order valence-electron chi connectivity index (χ2n) is 5.53. The van der Waals surface area contributed by atoms with Gasteiger partial charge in [0.25, 0.3) is 5.91 Å². The molecular formula is C18H19N3OS. The van der Waals surface area contributed by atoms with E-state index in [1.54, 1.807) is 23.7 Å². The number of hydrogen-bond donors (Lipinski definition) is 0. The fourth-order valence-corrected chi connectivity index (χ4v) is 3.42. The molecule has 0 bridgehead atoms. The fourth-order valence-electron chi connectivity index (χ4n) is 2.51. The highest BCUT2D eigenvalue weighted by atomic mass is 32.1. The first kappa shape index (κ1) is 15.5. The molecule has 0 spiro atoms. The molecule has 3 aromatic heterocycles. The van der Waals surface area contributed by atoms with Crippen LogP contribution in [0.4, 0.5) is 0 Å². The molecule has 23 heavy (non-hydrogen) atoms. The van der Waals surface area contributed by atoms with Gasteiger partial charge in [0.15, 0.2) is 0 Å². The number of aryl methyl sites for hydroxylation is 2. The predicted octanol–water partition coefficient (Wildman–Crippen LogP) is 3.63. The van der Waals surface area contributed by atoms with Crippen molar-refractivity contribution in [2.75, 3.05) is 0 Å². The van der Waals surface area contributed by atoms with Crippen molar-refractivity contribution in [3.63, 3.8) is 0 Å². The molecule has 3 heterocycles. The normalized spacial score (nSPS) is 10.7. The maximum atomic E-state index is 12.9. The summed E-state index contributed by atoms with van der Waals surface area (Å²) in [5, 5.41) is 0. The lowest BCUT2D eigenvalue weighted by Gasteiger charge is -2.22. The van der Waals surface area contributed by atoms with E-state index in [4.69, 9.17) is 0 Å². The molecule has 0 atom stereocenters. The maximum Gasteiger partial charge on any atom is 0.271 e. The molecule has 0 aromatic carbocycles. The van der Waals surface area contributed by atoms with Crippen LogP contribution in [0.1, 0.15) is 25.8 Å². The van der Waals surface area contributed by atoms with Crippen molar-refractivity contribution in [2.45, 2.75) is 20.0 Å². The molecule has 0 aliphatic rings. The SMILES string of the molecule is Cc1ccc(CN(Cc2ccncc2)C(=O)c2cccn2C)s1. The van der Waals surface area contributed by atoms with Crippen LogP contribution < -0.4 is 0 Å². The number of nitrogens with zero attached hydrogens (tertiary/aromatic N) is 3. The smallest absolute Gasteiger partial charge is 0.271 e. The molecule has 0 fully saturated rings. The number of thiophene rings is 1. The van der Waals surface area contributed by atoms with Crippen LogP contribution in [0.3, 0.4) is 0 Å². The minimum atomic E-state index is 0.0420. The van der Waals surface area contributed by atoms with Gasteiger partial charge in [0.1, 0.15) is 5.69 Å².